The van der Waals surface area contributed by atoms with Crippen molar-refractivity contribution in [3.63, 3.8) is 0 Å². The van der Waals surface area contributed by atoms with E-state index >= 15 is 0 Å². The monoisotopic (exact) mass is 258 g/mol. The Labute approximate surface area is 104 Å². The van der Waals surface area contributed by atoms with Gasteiger partial charge in [-0.05, 0) is 6.08 Å². The third-order valence-electron chi connectivity index (χ3n) is 2.01. The summed E-state index contributed by atoms with van der Waals surface area (Å²) in [5.41, 5.74) is 0. The fourth-order valence-corrected chi connectivity index (χ4v) is 1.32. The number of hydrogen-bond donors (Lipinski definition) is 0. The molecule has 0 bridgehead atoms. The van der Waals surface area contributed by atoms with E-state index in [0.717, 1.165) is 0 Å². The minimum atomic E-state index is -1.18. The highest BCUT2D eigenvalue weighted by molar-refractivity contribution is 5.98. The SMILES string of the molecule is COC1O[C@H](COC(C)=O)C=C(OC(C)=O)C1=O. The summed E-state index contributed by atoms with van der Waals surface area (Å²) in [6.45, 7) is 2.33. The van der Waals surface area contributed by atoms with Crippen molar-refractivity contribution in [1.82, 2.24) is 0 Å². The molecule has 2 atom stereocenters. The Morgan fingerprint density at radius 1 is 1.33 bits per heavy atom. The highest BCUT2D eigenvalue weighted by Gasteiger charge is 2.33. The van der Waals surface area contributed by atoms with Crippen molar-refractivity contribution in [2.24, 2.45) is 0 Å². The maximum absolute atomic E-state index is 11.7. The van der Waals surface area contributed by atoms with Crippen LogP contribution >= 0.6 is 0 Å². The molecular weight excluding hydrogens is 244 g/mol. The second kappa shape index (κ2) is 6.27. The predicted octanol–water partition coefficient (Wildman–Crippen LogP) is -0.0631. The number of esters is 2. The smallest absolute Gasteiger partial charge is 0.308 e. The van der Waals surface area contributed by atoms with Gasteiger partial charge in [0.05, 0.1) is 0 Å². The van der Waals surface area contributed by atoms with E-state index in [2.05, 4.69) is 0 Å². The normalized spacial score (nSPS) is 23.3. The molecule has 0 aromatic heterocycles. The first-order chi connectivity index (χ1) is 8.43. The molecule has 100 valence electrons. The van der Waals surface area contributed by atoms with Gasteiger partial charge in [0, 0.05) is 21.0 Å². The molecule has 7 nitrogen and oxygen atoms in total. The van der Waals surface area contributed by atoms with Crippen LogP contribution in [-0.2, 0) is 33.3 Å². The Balaban J connectivity index is 2.79. The predicted molar refractivity (Wildman–Crippen MR) is 57.2 cm³/mol. The molecule has 0 aliphatic carbocycles. The molecule has 7 heteroatoms. The highest BCUT2D eigenvalue weighted by Crippen LogP contribution is 2.18. The van der Waals surface area contributed by atoms with Gasteiger partial charge in [0.25, 0.3) is 5.78 Å². The van der Waals surface area contributed by atoms with Crippen molar-refractivity contribution in [2.45, 2.75) is 26.2 Å². The molecular formula is C11H14O7. The highest BCUT2D eigenvalue weighted by atomic mass is 16.7. The van der Waals surface area contributed by atoms with Gasteiger partial charge in [-0.2, -0.15) is 0 Å². The van der Waals surface area contributed by atoms with Crippen LogP contribution in [-0.4, -0.2) is 43.8 Å². The van der Waals surface area contributed by atoms with Gasteiger partial charge in [-0.1, -0.05) is 0 Å². The van der Waals surface area contributed by atoms with Gasteiger partial charge in [-0.3, -0.25) is 14.4 Å². The molecule has 1 unspecified atom stereocenters. The summed E-state index contributed by atoms with van der Waals surface area (Å²) in [4.78, 5) is 33.2. The van der Waals surface area contributed by atoms with Crippen molar-refractivity contribution in [1.29, 1.82) is 0 Å². The first kappa shape index (κ1) is 14.3. The van der Waals surface area contributed by atoms with Gasteiger partial charge in [-0.15, -0.1) is 0 Å². The lowest BCUT2D eigenvalue weighted by atomic mass is 10.2. The van der Waals surface area contributed by atoms with Crippen molar-refractivity contribution >= 4 is 17.7 Å². The van der Waals surface area contributed by atoms with Gasteiger partial charge in [0.1, 0.15) is 12.7 Å². The number of rotatable bonds is 4. The summed E-state index contributed by atoms with van der Waals surface area (Å²) in [7, 11) is 1.28. The second-order valence-corrected chi connectivity index (χ2v) is 3.53. The number of ketones is 1. The number of hydrogen-bond acceptors (Lipinski definition) is 7. The van der Waals surface area contributed by atoms with Crippen LogP contribution in [0.2, 0.25) is 0 Å². The van der Waals surface area contributed by atoms with Gasteiger partial charge in [-0.25, -0.2) is 0 Å². The summed E-state index contributed by atoms with van der Waals surface area (Å²) in [6.07, 6.45) is -0.599. The van der Waals surface area contributed by atoms with Gasteiger partial charge in [0.2, 0.25) is 6.29 Å². The van der Waals surface area contributed by atoms with E-state index in [1.165, 1.54) is 27.0 Å². The van der Waals surface area contributed by atoms with E-state index in [-0.39, 0.29) is 12.4 Å². The number of carbonyl (C=O) groups is 3. The molecule has 1 aliphatic rings. The Kier molecular flexibility index (Phi) is 4.99. The maximum atomic E-state index is 11.7. The topological polar surface area (TPSA) is 88.1 Å². The number of ether oxygens (including phenoxy) is 4. The van der Waals surface area contributed by atoms with Gasteiger partial charge < -0.3 is 18.9 Å². The fraction of sp³-hybridized carbons (Fsp3) is 0.545. The van der Waals surface area contributed by atoms with Crippen LogP contribution in [0.4, 0.5) is 0 Å². The van der Waals surface area contributed by atoms with Crippen LogP contribution in [0.1, 0.15) is 13.8 Å². The molecule has 18 heavy (non-hydrogen) atoms. The largest absolute Gasteiger partial charge is 0.463 e. The van der Waals surface area contributed by atoms with Crippen LogP contribution in [0.15, 0.2) is 11.8 Å². The fourth-order valence-electron chi connectivity index (χ4n) is 1.32. The molecule has 0 spiro atoms. The van der Waals surface area contributed by atoms with Crippen LogP contribution in [0.5, 0.6) is 0 Å². The molecule has 0 amide bonds. The Bertz CT molecular complexity index is 385. The lowest BCUT2D eigenvalue weighted by molar-refractivity contribution is -0.183. The van der Waals surface area contributed by atoms with E-state index in [0.29, 0.717) is 0 Å². The molecule has 1 rings (SSSR count). The minimum Gasteiger partial charge on any atom is -0.463 e. The summed E-state index contributed by atoms with van der Waals surface area (Å²) in [5.74, 6) is -1.87. The van der Waals surface area contributed by atoms with Crippen LogP contribution in [0.3, 0.4) is 0 Å². The second-order valence-electron chi connectivity index (χ2n) is 3.53. The molecule has 0 radical (unpaired) electrons. The first-order valence-corrected chi connectivity index (χ1v) is 5.20. The molecule has 0 saturated carbocycles. The van der Waals surface area contributed by atoms with Gasteiger partial charge in [0.15, 0.2) is 5.76 Å². The minimum absolute atomic E-state index is 0.0900. The Hall–Kier alpha value is -1.73. The van der Waals surface area contributed by atoms with Gasteiger partial charge >= 0.3 is 11.9 Å². The van der Waals surface area contributed by atoms with Crippen LogP contribution < -0.4 is 0 Å². The van der Waals surface area contributed by atoms with E-state index in [1.807, 2.05) is 0 Å². The summed E-state index contributed by atoms with van der Waals surface area (Å²) in [6, 6.07) is 0. The quantitative estimate of drug-likeness (QED) is 0.652. The number of carbonyl (C=O) groups excluding carboxylic acids is 3. The van der Waals surface area contributed by atoms with E-state index in [4.69, 9.17) is 18.9 Å². The summed E-state index contributed by atoms with van der Waals surface area (Å²) in [5, 5.41) is 0. The Morgan fingerprint density at radius 3 is 2.50 bits per heavy atom. The number of methoxy groups -OCH3 is 1. The third kappa shape index (κ3) is 3.94. The van der Waals surface area contributed by atoms with Crippen molar-refractivity contribution in [3.05, 3.63) is 11.8 Å². The van der Waals surface area contributed by atoms with Crippen LogP contribution in [0.25, 0.3) is 0 Å². The van der Waals surface area contributed by atoms with Crippen molar-refractivity contribution < 1.29 is 33.3 Å². The van der Waals surface area contributed by atoms with E-state index in [9.17, 15) is 14.4 Å². The van der Waals surface area contributed by atoms with E-state index in [1.54, 1.807) is 0 Å². The molecule has 0 aromatic carbocycles. The maximum Gasteiger partial charge on any atom is 0.308 e. The Morgan fingerprint density at radius 2 is 2.00 bits per heavy atom. The van der Waals surface area contributed by atoms with Crippen molar-refractivity contribution in [2.75, 3.05) is 13.7 Å². The molecule has 0 saturated heterocycles. The molecule has 0 fully saturated rings. The van der Waals surface area contributed by atoms with Crippen molar-refractivity contribution in [3.8, 4) is 0 Å². The standard InChI is InChI=1S/C11H14O7/c1-6(12)16-5-8-4-9(17-7(2)13)10(14)11(15-3)18-8/h4,8,11H,5H2,1-3H3/t8-,11?/m0/s1. The van der Waals surface area contributed by atoms with Crippen LogP contribution in [0, 0.1) is 0 Å². The molecule has 1 aliphatic heterocycles. The summed E-state index contributed by atoms with van der Waals surface area (Å²) < 4.78 is 19.5. The molecule has 1 heterocycles. The zero-order valence-electron chi connectivity index (χ0n) is 10.3. The lowest BCUT2D eigenvalue weighted by Gasteiger charge is -2.25. The zero-order chi connectivity index (χ0) is 13.7. The lowest BCUT2D eigenvalue weighted by Crippen LogP contribution is -2.39. The average Bonchev–Trinajstić information content (AvgIpc) is 2.29. The average molecular weight is 258 g/mol. The molecule has 0 aromatic rings. The summed E-state index contributed by atoms with van der Waals surface area (Å²) >= 11 is 0. The molecule has 0 N–H and O–H groups in total. The van der Waals surface area contributed by atoms with E-state index < -0.39 is 30.1 Å². The number of Topliss-reactive ketones (excluding diaryl/α,β-unsaturated/α-hetero) is 1. The zero-order valence-corrected chi connectivity index (χ0v) is 10.3. The first-order valence-electron chi connectivity index (χ1n) is 5.20. The third-order valence-corrected chi connectivity index (χ3v) is 2.01.